The van der Waals surface area contributed by atoms with Crippen LogP contribution in [-0.4, -0.2) is 54.9 Å². The van der Waals surface area contributed by atoms with Crippen molar-refractivity contribution in [2.24, 2.45) is 0 Å². The van der Waals surface area contributed by atoms with Crippen molar-refractivity contribution in [1.29, 1.82) is 0 Å². The summed E-state index contributed by atoms with van der Waals surface area (Å²) in [6, 6.07) is 0.00609. The molecular weight excluding hydrogens is 228 g/mol. The SMILES string of the molecule is CCC(C)N(CC)S(=O)(=O)N(C)CCCO. The first-order chi connectivity index (χ1) is 7.41. The number of aliphatic hydroxyl groups is 1. The molecule has 0 aliphatic carbocycles. The van der Waals surface area contributed by atoms with Crippen molar-refractivity contribution >= 4 is 10.2 Å². The van der Waals surface area contributed by atoms with Gasteiger partial charge in [0.1, 0.15) is 0 Å². The highest BCUT2D eigenvalue weighted by Gasteiger charge is 2.28. The second-order valence-electron chi connectivity index (χ2n) is 3.87. The van der Waals surface area contributed by atoms with Crippen molar-refractivity contribution in [2.75, 3.05) is 26.7 Å². The van der Waals surface area contributed by atoms with Crippen LogP contribution in [0.25, 0.3) is 0 Å². The van der Waals surface area contributed by atoms with Crippen LogP contribution < -0.4 is 0 Å². The standard InChI is InChI=1S/C10H24N2O3S/c1-5-10(3)12(6-2)16(14,15)11(4)8-7-9-13/h10,13H,5-9H2,1-4H3. The van der Waals surface area contributed by atoms with Crippen LogP contribution in [0.15, 0.2) is 0 Å². The molecule has 0 spiro atoms. The number of rotatable bonds is 8. The van der Waals surface area contributed by atoms with Crippen molar-refractivity contribution in [3.63, 3.8) is 0 Å². The number of aliphatic hydroxyl groups excluding tert-OH is 1. The zero-order chi connectivity index (χ0) is 12.8. The predicted octanol–water partition coefficient (Wildman–Crippen LogP) is 0.666. The highest BCUT2D eigenvalue weighted by molar-refractivity contribution is 7.86. The van der Waals surface area contributed by atoms with Gasteiger partial charge in [0.25, 0.3) is 10.2 Å². The Balaban J connectivity index is 4.72. The third kappa shape index (κ3) is 4.01. The Labute approximate surface area is 99.2 Å². The van der Waals surface area contributed by atoms with Crippen LogP contribution in [-0.2, 0) is 10.2 Å². The van der Waals surface area contributed by atoms with Crippen LogP contribution in [0, 0.1) is 0 Å². The fourth-order valence-electron chi connectivity index (χ4n) is 1.49. The Morgan fingerprint density at radius 1 is 1.31 bits per heavy atom. The summed E-state index contributed by atoms with van der Waals surface area (Å²) in [5, 5.41) is 8.70. The van der Waals surface area contributed by atoms with Crippen molar-refractivity contribution in [1.82, 2.24) is 8.61 Å². The Kier molecular flexibility index (Phi) is 7.14. The van der Waals surface area contributed by atoms with Crippen LogP contribution in [0.5, 0.6) is 0 Å². The molecule has 0 radical (unpaired) electrons. The van der Waals surface area contributed by atoms with E-state index in [9.17, 15) is 8.42 Å². The minimum Gasteiger partial charge on any atom is -0.396 e. The summed E-state index contributed by atoms with van der Waals surface area (Å²) in [7, 11) is -1.83. The summed E-state index contributed by atoms with van der Waals surface area (Å²) in [6.07, 6.45) is 1.26. The topological polar surface area (TPSA) is 60.9 Å². The van der Waals surface area contributed by atoms with E-state index in [2.05, 4.69) is 0 Å². The number of hydrogen-bond donors (Lipinski definition) is 1. The Bertz CT molecular complexity index is 280. The average Bonchev–Trinajstić information content (AvgIpc) is 2.25. The van der Waals surface area contributed by atoms with E-state index in [0.29, 0.717) is 19.5 Å². The summed E-state index contributed by atoms with van der Waals surface area (Å²) in [5.74, 6) is 0. The largest absolute Gasteiger partial charge is 0.396 e. The molecule has 0 heterocycles. The summed E-state index contributed by atoms with van der Waals surface area (Å²) in [6.45, 7) is 6.54. The van der Waals surface area contributed by atoms with Gasteiger partial charge in [0.05, 0.1) is 0 Å². The molecule has 16 heavy (non-hydrogen) atoms. The van der Waals surface area contributed by atoms with Gasteiger partial charge in [-0.15, -0.1) is 0 Å². The van der Waals surface area contributed by atoms with Gasteiger partial charge in [-0.25, -0.2) is 0 Å². The second kappa shape index (κ2) is 7.21. The van der Waals surface area contributed by atoms with Gasteiger partial charge in [-0.3, -0.25) is 0 Å². The van der Waals surface area contributed by atoms with Crippen molar-refractivity contribution in [3.05, 3.63) is 0 Å². The summed E-state index contributed by atoms with van der Waals surface area (Å²) >= 11 is 0. The first kappa shape index (κ1) is 15.8. The van der Waals surface area contributed by atoms with Crippen LogP contribution in [0.2, 0.25) is 0 Å². The molecule has 0 fully saturated rings. The predicted molar refractivity (Wildman–Crippen MR) is 65.4 cm³/mol. The minimum atomic E-state index is -3.38. The van der Waals surface area contributed by atoms with Crippen LogP contribution in [0.3, 0.4) is 0 Å². The molecule has 0 aliphatic rings. The van der Waals surface area contributed by atoms with Crippen molar-refractivity contribution in [3.8, 4) is 0 Å². The van der Waals surface area contributed by atoms with E-state index in [1.54, 1.807) is 7.05 Å². The van der Waals surface area contributed by atoms with Crippen LogP contribution in [0.4, 0.5) is 0 Å². The fraction of sp³-hybridized carbons (Fsp3) is 1.00. The quantitative estimate of drug-likeness (QED) is 0.690. The van der Waals surface area contributed by atoms with E-state index in [1.165, 1.54) is 8.61 Å². The van der Waals surface area contributed by atoms with Gasteiger partial charge >= 0.3 is 0 Å². The molecule has 0 saturated carbocycles. The average molecular weight is 252 g/mol. The molecule has 0 amide bonds. The zero-order valence-corrected chi connectivity index (χ0v) is 11.5. The molecule has 0 bridgehead atoms. The van der Waals surface area contributed by atoms with Gasteiger partial charge < -0.3 is 5.11 Å². The molecule has 1 unspecified atom stereocenters. The van der Waals surface area contributed by atoms with E-state index in [1.807, 2.05) is 20.8 Å². The fourth-order valence-corrected chi connectivity index (χ4v) is 3.14. The lowest BCUT2D eigenvalue weighted by Crippen LogP contribution is -2.46. The maximum Gasteiger partial charge on any atom is 0.281 e. The molecule has 0 saturated heterocycles. The first-order valence-electron chi connectivity index (χ1n) is 5.75. The van der Waals surface area contributed by atoms with Crippen molar-refractivity contribution < 1.29 is 13.5 Å². The number of nitrogens with zero attached hydrogens (tertiary/aromatic N) is 2. The Morgan fingerprint density at radius 3 is 2.25 bits per heavy atom. The number of hydrogen-bond acceptors (Lipinski definition) is 3. The summed E-state index contributed by atoms with van der Waals surface area (Å²) < 4.78 is 27.1. The minimum absolute atomic E-state index is 0.00609. The molecule has 0 rings (SSSR count). The lowest BCUT2D eigenvalue weighted by molar-refractivity contribution is 0.266. The van der Waals surface area contributed by atoms with E-state index in [4.69, 9.17) is 5.11 Å². The lowest BCUT2D eigenvalue weighted by Gasteiger charge is -2.30. The first-order valence-corrected chi connectivity index (χ1v) is 7.15. The monoisotopic (exact) mass is 252 g/mol. The third-order valence-electron chi connectivity index (χ3n) is 2.72. The molecule has 1 N–H and O–H groups in total. The molecule has 98 valence electrons. The second-order valence-corrected chi connectivity index (χ2v) is 5.86. The molecule has 5 nitrogen and oxygen atoms in total. The zero-order valence-electron chi connectivity index (χ0n) is 10.7. The van der Waals surface area contributed by atoms with Gasteiger partial charge in [0, 0.05) is 32.8 Å². The van der Waals surface area contributed by atoms with Gasteiger partial charge in [-0.1, -0.05) is 13.8 Å². The normalized spacial score (nSPS) is 14.7. The lowest BCUT2D eigenvalue weighted by atomic mass is 10.3. The van der Waals surface area contributed by atoms with E-state index in [-0.39, 0.29) is 12.6 Å². The van der Waals surface area contributed by atoms with Gasteiger partial charge in [-0.05, 0) is 19.8 Å². The van der Waals surface area contributed by atoms with Gasteiger partial charge in [0.15, 0.2) is 0 Å². The van der Waals surface area contributed by atoms with Gasteiger partial charge in [-0.2, -0.15) is 17.0 Å². The highest BCUT2D eigenvalue weighted by Crippen LogP contribution is 2.13. The Hall–Kier alpha value is -0.170. The maximum absolute atomic E-state index is 12.1. The van der Waals surface area contributed by atoms with Crippen molar-refractivity contribution in [2.45, 2.75) is 39.7 Å². The van der Waals surface area contributed by atoms with Crippen LogP contribution in [0.1, 0.15) is 33.6 Å². The molecule has 0 aliphatic heterocycles. The molecule has 1 atom stereocenters. The molecule has 0 aromatic heterocycles. The van der Waals surface area contributed by atoms with Gasteiger partial charge in [0.2, 0.25) is 0 Å². The molecule has 0 aromatic carbocycles. The summed E-state index contributed by atoms with van der Waals surface area (Å²) in [4.78, 5) is 0. The molecular formula is C10H24N2O3S. The maximum atomic E-state index is 12.1. The smallest absolute Gasteiger partial charge is 0.281 e. The van der Waals surface area contributed by atoms with Crippen LogP contribution >= 0.6 is 0 Å². The summed E-state index contributed by atoms with van der Waals surface area (Å²) in [5.41, 5.74) is 0. The molecule has 0 aromatic rings. The Morgan fingerprint density at radius 2 is 1.88 bits per heavy atom. The van der Waals surface area contributed by atoms with E-state index >= 15 is 0 Å². The van der Waals surface area contributed by atoms with E-state index in [0.717, 1.165) is 6.42 Å². The van der Waals surface area contributed by atoms with E-state index < -0.39 is 10.2 Å². The highest BCUT2D eigenvalue weighted by atomic mass is 32.2. The molecule has 6 heteroatoms. The third-order valence-corrected chi connectivity index (χ3v) is 4.90.